The number of nitrogens with zero attached hydrogens (tertiary/aromatic N) is 6. The number of benzene rings is 2. The topological polar surface area (TPSA) is 157 Å². The molecule has 228 valence electrons. The average Bonchev–Trinajstić information content (AvgIpc) is 3.67. The Morgan fingerprint density at radius 2 is 1.70 bits per heavy atom. The summed E-state index contributed by atoms with van der Waals surface area (Å²) in [6.07, 6.45) is 0.247. The van der Waals surface area contributed by atoms with Crippen molar-refractivity contribution < 1.29 is 23.9 Å². The quantitative estimate of drug-likeness (QED) is 0.219. The third kappa shape index (κ3) is 6.92. The van der Waals surface area contributed by atoms with Gasteiger partial charge in [-0.05, 0) is 84.9 Å². The van der Waals surface area contributed by atoms with Crippen LogP contribution in [0.4, 0.5) is 26.1 Å². The molecule has 13 nitrogen and oxygen atoms in total. The molecule has 0 aliphatic heterocycles. The molecule has 0 aliphatic rings. The molecule has 44 heavy (non-hydrogen) atoms. The second-order valence-corrected chi connectivity index (χ2v) is 12.9. The molecule has 3 aromatic heterocycles. The van der Waals surface area contributed by atoms with Gasteiger partial charge in [-0.2, -0.15) is 14.9 Å². The molecular formula is C30H32N8O5S. The zero-order valence-electron chi connectivity index (χ0n) is 25.3. The van der Waals surface area contributed by atoms with Gasteiger partial charge in [-0.25, -0.2) is 14.5 Å². The highest BCUT2D eigenvalue weighted by Crippen LogP contribution is 2.36. The molecule has 0 bridgehead atoms. The number of anilines is 3. The lowest BCUT2D eigenvalue weighted by Crippen LogP contribution is -2.33. The van der Waals surface area contributed by atoms with Crippen molar-refractivity contribution in [2.24, 2.45) is 0 Å². The standard InChI is InChI=1S/C30H32N8O5S/c1-17-13-22(34-33-17)24(39)32-20-10-8-9-18(14-20)25-35-36-26(44-25)37(27(40)42-29(2,3)4)21-11-12-23-19(15-21)16-31-38(23)28(41)43-30(5,6)7/h8-16H,1-7H3,(H,32,39)(H,33,34). The molecule has 2 N–H and O–H groups in total. The lowest BCUT2D eigenvalue weighted by Gasteiger charge is -2.25. The Labute approximate surface area is 257 Å². The largest absolute Gasteiger partial charge is 0.443 e. The van der Waals surface area contributed by atoms with Crippen molar-refractivity contribution in [3.05, 3.63) is 66.1 Å². The predicted octanol–water partition coefficient (Wildman–Crippen LogP) is 6.70. The van der Waals surface area contributed by atoms with E-state index >= 15 is 0 Å². The van der Waals surface area contributed by atoms with Crippen LogP contribution in [-0.2, 0) is 9.47 Å². The van der Waals surface area contributed by atoms with Crippen LogP contribution in [0, 0.1) is 6.92 Å². The molecule has 0 saturated heterocycles. The molecule has 0 atom stereocenters. The summed E-state index contributed by atoms with van der Waals surface area (Å²) < 4.78 is 12.3. The third-order valence-electron chi connectivity index (χ3n) is 5.86. The van der Waals surface area contributed by atoms with Gasteiger partial charge in [-0.3, -0.25) is 9.89 Å². The van der Waals surface area contributed by atoms with Crippen molar-refractivity contribution in [1.29, 1.82) is 0 Å². The number of fused-ring (bicyclic) bond motifs is 1. The molecule has 5 aromatic rings. The van der Waals surface area contributed by atoms with Crippen molar-refractivity contribution in [2.75, 3.05) is 10.2 Å². The number of hydrogen-bond acceptors (Lipinski definition) is 10. The van der Waals surface area contributed by atoms with Crippen LogP contribution >= 0.6 is 11.3 Å². The third-order valence-corrected chi connectivity index (χ3v) is 6.82. The summed E-state index contributed by atoms with van der Waals surface area (Å²) in [5.41, 5.74) is 1.74. The minimum absolute atomic E-state index is 0.259. The molecule has 0 radical (unpaired) electrons. The molecule has 0 aliphatic carbocycles. The monoisotopic (exact) mass is 616 g/mol. The number of aromatic nitrogens is 6. The predicted molar refractivity (Wildman–Crippen MR) is 166 cm³/mol. The maximum absolute atomic E-state index is 13.5. The van der Waals surface area contributed by atoms with Crippen molar-refractivity contribution in [1.82, 2.24) is 30.2 Å². The van der Waals surface area contributed by atoms with Crippen molar-refractivity contribution in [3.8, 4) is 10.6 Å². The number of carbonyl (C=O) groups is 3. The maximum atomic E-state index is 13.5. The van der Waals surface area contributed by atoms with E-state index in [-0.39, 0.29) is 16.7 Å². The van der Waals surface area contributed by atoms with Gasteiger partial charge in [0.15, 0.2) is 5.69 Å². The van der Waals surface area contributed by atoms with E-state index in [1.54, 1.807) is 84.0 Å². The van der Waals surface area contributed by atoms with Gasteiger partial charge in [0.05, 0.1) is 17.4 Å². The highest BCUT2D eigenvalue weighted by Gasteiger charge is 2.29. The molecule has 0 saturated carbocycles. The highest BCUT2D eigenvalue weighted by atomic mass is 32.1. The van der Waals surface area contributed by atoms with Gasteiger partial charge in [0.1, 0.15) is 16.2 Å². The fourth-order valence-electron chi connectivity index (χ4n) is 4.09. The summed E-state index contributed by atoms with van der Waals surface area (Å²) in [6, 6.07) is 13.8. The van der Waals surface area contributed by atoms with Gasteiger partial charge in [-0.15, -0.1) is 10.2 Å². The van der Waals surface area contributed by atoms with Crippen LogP contribution in [0.2, 0.25) is 0 Å². The van der Waals surface area contributed by atoms with E-state index in [1.807, 2.05) is 13.0 Å². The van der Waals surface area contributed by atoms with E-state index in [2.05, 4.69) is 30.8 Å². The number of carbonyl (C=O) groups excluding carboxylic acids is 3. The van der Waals surface area contributed by atoms with Crippen LogP contribution in [0.3, 0.4) is 0 Å². The van der Waals surface area contributed by atoms with Crippen LogP contribution in [-0.4, -0.2) is 59.5 Å². The molecule has 0 spiro atoms. The lowest BCUT2D eigenvalue weighted by molar-refractivity contribution is 0.0521. The highest BCUT2D eigenvalue weighted by molar-refractivity contribution is 7.18. The Morgan fingerprint density at radius 3 is 2.39 bits per heavy atom. The van der Waals surface area contributed by atoms with E-state index in [4.69, 9.17) is 9.47 Å². The fraction of sp³-hybridized carbons (Fsp3) is 0.300. The molecule has 0 fully saturated rings. The van der Waals surface area contributed by atoms with E-state index < -0.39 is 23.4 Å². The smallest absolute Gasteiger partial charge is 0.435 e. The van der Waals surface area contributed by atoms with Gasteiger partial charge in [0.2, 0.25) is 5.13 Å². The van der Waals surface area contributed by atoms with E-state index in [0.717, 1.165) is 5.69 Å². The number of ether oxygens (including phenoxy) is 2. The Morgan fingerprint density at radius 1 is 0.955 bits per heavy atom. The number of hydrogen-bond donors (Lipinski definition) is 2. The van der Waals surface area contributed by atoms with Gasteiger partial charge < -0.3 is 14.8 Å². The first-order valence-electron chi connectivity index (χ1n) is 13.7. The maximum Gasteiger partial charge on any atom is 0.435 e. The van der Waals surface area contributed by atoms with Gasteiger partial charge in [0, 0.05) is 22.3 Å². The minimum atomic E-state index is -0.784. The molecule has 0 unspecified atom stereocenters. The molecular weight excluding hydrogens is 584 g/mol. The van der Waals surface area contributed by atoms with Crippen molar-refractivity contribution in [2.45, 2.75) is 59.7 Å². The van der Waals surface area contributed by atoms with Crippen molar-refractivity contribution in [3.63, 3.8) is 0 Å². The Balaban J connectivity index is 1.46. The van der Waals surface area contributed by atoms with Crippen LogP contribution in [0.15, 0.2) is 54.7 Å². The first-order chi connectivity index (χ1) is 20.7. The average molecular weight is 617 g/mol. The Hall–Kier alpha value is -5.11. The first kappa shape index (κ1) is 30.4. The van der Waals surface area contributed by atoms with Gasteiger partial charge in [-0.1, -0.05) is 23.5 Å². The number of rotatable bonds is 5. The first-order valence-corrected chi connectivity index (χ1v) is 14.5. The second-order valence-electron chi connectivity index (χ2n) is 12.0. The summed E-state index contributed by atoms with van der Waals surface area (Å²) in [5.74, 6) is -0.356. The normalized spacial score (nSPS) is 11.8. The Kier molecular flexibility index (Phi) is 7.95. The molecule has 2 amide bonds. The zero-order valence-corrected chi connectivity index (χ0v) is 26.1. The second kappa shape index (κ2) is 11.5. The summed E-state index contributed by atoms with van der Waals surface area (Å²) in [4.78, 5) is 40.1. The number of aromatic amines is 1. The lowest BCUT2D eigenvalue weighted by atomic mass is 10.2. The molecule has 14 heteroatoms. The van der Waals surface area contributed by atoms with E-state index in [0.29, 0.717) is 32.8 Å². The summed E-state index contributed by atoms with van der Waals surface area (Å²) >= 11 is 1.17. The minimum Gasteiger partial charge on any atom is -0.443 e. The molecule has 5 rings (SSSR count). The summed E-state index contributed by atoms with van der Waals surface area (Å²) in [5, 5.41) is 23.8. The van der Waals surface area contributed by atoms with Crippen LogP contribution in [0.25, 0.3) is 21.5 Å². The van der Waals surface area contributed by atoms with E-state index in [9.17, 15) is 14.4 Å². The van der Waals surface area contributed by atoms with E-state index in [1.165, 1.54) is 27.1 Å². The summed E-state index contributed by atoms with van der Waals surface area (Å²) in [7, 11) is 0. The Bertz CT molecular complexity index is 1860. The van der Waals surface area contributed by atoms with Crippen LogP contribution in [0.1, 0.15) is 57.7 Å². The molecule has 3 heterocycles. The van der Waals surface area contributed by atoms with Crippen LogP contribution in [0.5, 0.6) is 0 Å². The number of amides is 2. The fourth-order valence-corrected chi connectivity index (χ4v) is 4.95. The van der Waals surface area contributed by atoms with Gasteiger partial charge in [0.25, 0.3) is 5.91 Å². The van der Waals surface area contributed by atoms with Crippen LogP contribution < -0.4 is 10.2 Å². The zero-order chi connectivity index (χ0) is 31.8. The number of nitrogens with one attached hydrogen (secondary N) is 2. The van der Waals surface area contributed by atoms with Crippen molar-refractivity contribution >= 4 is 56.8 Å². The number of aryl methyl sites for hydroxylation is 1. The SMILES string of the molecule is Cc1cc(C(=O)Nc2cccc(-c3nnc(N(C(=O)OC(C)(C)C)c4ccc5c(cnn5C(=O)OC(C)(C)C)c4)s3)c2)n[nH]1. The van der Waals surface area contributed by atoms with Gasteiger partial charge >= 0.3 is 12.2 Å². The molecule has 2 aromatic carbocycles. The number of H-pyrrole nitrogens is 1. The summed E-state index contributed by atoms with van der Waals surface area (Å²) in [6.45, 7) is 12.5.